The molecule has 1 aliphatic carbocycles. The maximum absolute atomic E-state index is 6.47. The van der Waals surface area contributed by atoms with Gasteiger partial charge in [0, 0.05) is 13.1 Å². The molecule has 5 nitrogen and oxygen atoms in total. The van der Waals surface area contributed by atoms with Gasteiger partial charge in [0.25, 0.3) is 5.95 Å². The molecule has 0 bridgehead atoms. The van der Waals surface area contributed by atoms with Crippen molar-refractivity contribution in [3.05, 3.63) is 5.89 Å². The SMILES string of the molecule is CC1CCCC(N)(c2nc(N3CCCC3)no2)C1. The molecule has 1 aliphatic heterocycles. The van der Waals surface area contributed by atoms with Crippen LogP contribution in [0.3, 0.4) is 0 Å². The normalized spacial score (nSPS) is 33.0. The van der Waals surface area contributed by atoms with Gasteiger partial charge in [-0.05, 0) is 36.8 Å². The lowest BCUT2D eigenvalue weighted by molar-refractivity contribution is 0.183. The van der Waals surface area contributed by atoms with Crippen molar-refractivity contribution in [1.29, 1.82) is 0 Å². The molecule has 0 radical (unpaired) electrons. The van der Waals surface area contributed by atoms with Crippen molar-refractivity contribution in [2.45, 2.75) is 51.0 Å². The maximum Gasteiger partial charge on any atom is 0.266 e. The zero-order chi connectivity index (χ0) is 12.6. The molecular formula is C13H22N4O. The summed E-state index contributed by atoms with van der Waals surface area (Å²) in [6.07, 6.45) is 6.75. The van der Waals surface area contributed by atoms with Crippen molar-refractivity contribution in [3.63, 3.8) is 0 Å². The molecule has 2 atom stereocenters. The number of hydrogen-bond donors (Lipinski definition) is 1. The quantitative estimate of drug-likeness (QED) is 0.869. The van der Waals surface area contributed by atoms with Crippen LogP contribution in [0.15, 0.2) is 4.52 Å². The van der Waals surface area contributed by atoms with Gasteiger partial charge in [0.1, 0.15) is 0 Å². The van der Waals surface area contributed by atoms with E-state index in [0.29, 0.717) is 11.8 Å². The molecule has 2 aliphatic rings. The van der Waals surface area contributed by atoms with Crippen molar-refractivity contribution in [2.24, 2.45) is 11.7 Å². The topological polar surface area (TPSA) is 68.2 Å². The van der Waals surface area contributed by atoms with Crippen molar-refractivity contribution in [3.8, 4) is 0 Å². The van der Waals surface area contributed by atoms with Gasteiger partial charge in [-0.25, -0.2) is 0 Å². The minimum Gasteiger partial charge on any atom is -0.338 e. The zero-order valence-corrected chi connectivity index (χ0v) is 11.1. The van der Waals surface area contributed by atoms with E-state index in [1.54, 1.807) is 0 Å². The first-order valence-electron chi connectivity index (χ1n) is 7.05. The highest BCUT2D eigenvalue weighted by atomic mass is 16.5. The summed E-state index contributed by atoms with van der Waals surface area (Å²) in [5.74, 6) is 2.01. The lowest BCUT2D eigenvalue weighted by Gasteiger charge is -2.33. The van der Waals surface area contributed by atoms with Gasteiger partial charge in [0.15, 0.2) is 0 Å². The predicted molar refractivity (Wildman–Crippen MR) is 69.2 cm³/mol. The van der Waals surface area contributed by atoms with Crippen LogP contribution in [0.5, 0.6) is 0 Å². The Bertz CT molecular complexity index is 413. The second kappa shape index (κ2) is 4.53. The summed E-state index contributed by atoms with van der Waals surface area (Å²) < 4.78 is 5.44. The van der Waals surface area contributed by atoms with Gasteiger partial charge in [-0.3, -0.25) is 0 Å². The van der Waals surface area contributed by atoms with Gasteiger partial charge in [-0.15, -0.1) is 0 Å². The van der Waals surface area contributed by atoms with E-state index in [9.17, 15) is 0 Å². The van der Waals surface area contributed by atoms with E-state index in [4.69, 9.17) is 10.3 Å². The minimum atomic E-state index is -0.400. The molecule has 2 unspecified atom stereocenters. The van der Waals surface area contributed by atoms with Crippen LogP contribution in [0.2, 0.25) is 0 Å². The Hall–Kier alpha value is -1.10. The molecule has 2 heterocycles. The third-order valence-corrected chi connectivity index (χ3v) is 4.26. The molecule has 5 heteroatoms. The second-order valence-electron chi connectivity index (χ2n) is 5.95. The summed E-state index contributed by atoms with van der Waals surface area (Å²) in [7, 11) is 0. The Labute approximate surface area is 108 Å². The average Bonchev–Trinajstić information content (AvgIpc) is 3.00. The van der Waals surface area contributed by atoms with E-state index in [1.807, 2.05) is 0 Å². The van der Waals surface area contributed by atoms with Crippen LogP contribution in [-0.2, 0) is 5.54 Å². The Morgan fingerprint density at radius 1 is 1.33 bits per heavy atom. The molecule has 18 heavy (non-hydrogen) atoms. The molecule has 100 valence electrons. The number of nitrogens with two attached hydrogens (primary N) is 1. The van der Waals surface area contributed by atoms with E-state index in [1.165, 1.54) is 19.3 Å². The molecule has 0 spiro atoms. The van der Waals surface area contributed by atoms with Crippen LogP contribution in [0, 0.1) is 5.92 Å². The first kappa shape index (κ1) is 12.0. The second-order valence-corrected chi connectivity index (χ2v) is 5.95. The number of anilines is 1. The summed E-state index contributed by atoms with van der Waals surface area (Å²) >= 11 is 0. The third kappa shape index (κ3) is 2.11. The van der Waals surface area contributed by atoms with Crippen LogP contribution >= 0.6 is 0 Å². The highest BCUT2D eigenvalue weighted by molar-refractivity contribution is 5.30. The van der Waals surface area contributed by atoms with Gasteiger partial charge in [0.2, 0.25) is 5.89 Å². The number of aromatic nitrogens is 2. The summed E-state index contributed by atoms with van der Waals surface area (Å²) in [5.41, 5.74) is 6.07. The molecule has 0 amide bonds. The monoisotopic (exact) mass is 250 g/mol. The largest absolute Gasteiger partial charge is 0.338 e. The fourth-order valence-corrected chi connectivity index (χ4v) is 3.25. The molecule has 2 fully saturated rings. The highest BCUT2D eigenvalue weighted by Crippen LogP contribution is 2.37. The van der Waals surface area contributed by atoms with Crippen LogP contribution in [0.25, 0.3) is 0 Å². The fourth-order valence-electron chi connectivity index (χ4n) is 3.25. The van der Waals surface area contributed by atoms with Gasteiger partial charge in [-0.1, -0.05) is 19.8 Å². The van der Waals surface area contributed by atoms with Gasteiger partial charge < -0.3 is 15.2 Å². The summed E-state index contributed by atoms with van der Waals surface area (Å²) in [6.45, 7) is 4.32. The Morgan fingerprint density at radius 3 is 2.83 bits per heavy atom. The van der Waals surface area contributed by atoms with Gasteiger partial charge >= 0.3 is 0 Å². The molecule has 1 aromatic rings. The number of rotatable bonds is 2. The fraction of sp³-hybridized carbons (Fsp3) is 0.846. The molecular weight excluding hydrogens is 228 g/mol. The van der Waals surface area contributed by atoms with E-state index in [-0.39, 0.29) is 0 Å². The number of hydrogen-bond acceptors (Lipinski definition) is 5. The van der Waals surface area contributed by atoms with E-state index < -0.39 is 5.54 Å². The Kier molecular flexibility index (Phi) is 3.01. The predicted octanol–water partition coefficient (Wildman–Crippen LogP) is 2.03. The Balaban J connectivity index is 1.79. The molecule has 2 N–H and O–H groups in total. The molecule has 1 saturated heterocycles. The number of nitrogens with zero attached hydrogens (tertiary/aromatic N) is 3. The molecule has 0 aromatic carbocycles. The lowest BCUT2D eigenvalue weighted by atomic mass is 9.77. The first-order chi connectivity index (χ1) is 8.67. The minimum absolute atomic E-state index is 0.400. The molecule has 3 rings (SSSR count). The summed E-state index contributed by atoms with van der Waals surface area (Å²) in [4.78, 5) is 6.73. The van der Waals surface area contributed by atoms with Crippen LogP contribution in [-0.4, -0.2) is 23.2 Å². The van der Waals surface area contributed by atoms with E-state index in [0.717, 1.165) is 38.3 Å². The highest BCUT2D eigenvalue weighted by Gasteiger charge is 2.38. The smallest absolute Gasteiger partial charge is 0.266 e. The van der Waals surface area contributed by atoms with Crippen molar-refractivity contribution >= 4 is 5.95 Å². The average molecular weight is 250 g/mol. The standard InChI is InChI=1S/C13H22N4O/c1-10-5-4-6-13(14,9-10)11-15-12(16-18-11)17-7-2-3-8-17/h10H,2-9,14H2,1H3. The molecule has 1 saturated carbocycles. The van der Waals surface area contributed by atoms with Crippen molar-refractivity contribution in [1.82, 2.24) is 10.1 Å². The maximum atomic E-state index is 6.47. The van der Waals surface area contributed by atoms with Crippen molar-refractivity contribution in [2.75, 3.05) is 18.0 Å². The summed E-state index contributed by atoms with van der Waals surface area (Å²) in [6, 6.07) is 0. The molecule has 1 aromatic heterocycles. The first-order valence-corrected chi connectivity index (χ1v) is 7.05. The van der Waals surface area contributed by atoms with Gasteiger partial charge in [0.05, 0.1) is 5.54 Å². The third-order valence-electron chi connectivity index (χ3n) is 4.26. The van der Waals surface area contributed by atoms with E-state index >= 15 is 0 Å². The zero-order valence-electron chi connectivity index (χ0n) is 11.1. The van der Waals surface area contributed by atoms with E-state index in [2.05, 4.69) is 22.0 Å². The Morgan fingerprint density at radius 2 is 2.11 bits per heavy atom. The summed E-state index contributed by atoms with van der Waals surface area (Å²) in [5, 5.41) is 4.10. The lowest BCUT2D eigenvalue weighted by Crippen LogP contribution is -2.41. The van der Waals surface area contributed by atoms with Crippen LogP contribution in [0.1, 0.15) is 51.3 Å². The van der Waals surface area contributed by atoms with Crippen molar-refractivity contribution < 1.29 is 4.52 Å². The van der Waals surface area contributed by atoms with Gasteiger partial charge in [-0.2, -0.15) is 4.98 Å². The van der Waals surface area contributed by atoms with Crippen LogP contribution < -0.4 is 10.6 Å². The van der Waals surface area contributed by atoms with Crippen LogP contribution in [0.4, 0.5) is 5.95 Å².